The van der Waals surface area contributed by atoms with Crippen LogP contribution in [0.5, 0.6) is 0 Å². The van der Waals surface area contributed by atoms with Crippen LogP contribution in [-0.2, 0) is 19.2 Å². The van der Waals surface area contributed by atoms with E-state index in [2.05, 4.69) is 6.92 Å². The quantitative estimate of drug-likeness (QED) is 0.117. The molecule has 0 aliphatic heterocycles. The van der Waals surface area contributed by atoms with Crippen molar-refractivity contribution < 1.29 is 39.6 Å². The van der Waals surface area contributed by atoms with Crippen molar-refractivity contribution in [2.45, 2.75) is 116 Å². The summed E-state index contributed by atoms with van der Waals surface area (Å²) in [5, 5.41) is 35.7. The van der Waals surface area contributed by atoms with Gasteiger partial charge in [0.05, 0.1) is 0 Å². The van der Waals surface area contributed by atoms with Gasteiger partial charge < -0.3 is 20.4 Å². The first kappa shape index (κ1) is 30.9. The van der Waals surface area contributed by atoms with Crippen molar-refractivity contribution in [1.82, 2.24) is 0 Å². The van der Waals surface area contributed by atoms with Gasteiger partial charge in [0, 0.05) is 0 Å². The summed E-state index contributed by atoms with van der Waals surface area (Å²) < 4.78 is 0. The van der Waals surface area contributed by atoms with E-state index in [0.29, 0.717) is 12.8 Å². The zero-order chi connectivity index (χ0) is 26.2. The van der Waals surface area contributed by atoms with Crippen molar-refractivity contribution in [1.29, 1.82) is 0 Å². The minimum Gasteiger partial charge on any atom is -0.481 e. The summed E-state index contributed by atoms with van der Waals surface area (Å²) in [6.07, 6.45) is 16.3. The Hall–Kier alpha value is -2.12. The topological polar surface area (TPSA) is 149 Å². The van der Waals surface area contributed by atoms with Gasteiger partial charge >= 0.3 is 23.9 Å². The first-order chi connectivity index (χ1) is 16.6. The highest BCUT2D eigenvalue weighted by Crippen LogP contribution is 2.40. The van der Waals surface area contributed by atoms with Crippen molar-refractivity contribution in [3.8, 4) is 0 Å². The van der Waals surface area contributed by atoms with Crippen LogP contribution in [0, 0.1) is 29.6 Å². The molecule has 0 aromatic heterocycles. The second-order valence-electron chi connectivity index (χ2n) is 10.5. The molecule has 0 radical (unpaired) electrons. The molecule has 4 N–H and O–H groups in total. The van der Waals surface area contributed by atoms with E-state index in [1.54, 1.807) is 0 Å². The monoisotopic (exact) mass is 498 g/mol. The number of hydrogen-bond donors (Lipinski definition) is 4. The van der Waals surface area contributed by atoms with E-state index < -0.39 is 35.7 Å². The van der Waals surface area contributed by atoms with Crippen molar-refractivity contribution in [2.24, 2.45) is 29.6 Å². The fourth-order valence-corrected chi connectivity index (χ4v) is 5.72. The van der Waals surface area contributed by atoms with Crippen molar-refractivity contribution >= 4 is 23.9 Å². The molecule has 0 amide bonds. The highest BCUT2D eigenvalue weighted by Gasteiger charge is 2.30. The number of carboxylic acids is 4. The van der Waals surface area contributed by atoms with Gasteiger partial charge in [0.15, 0.2) is 11.8 Å². The highest BCUT2D eigenvalue weighted by atomic mass is 16.4. The second-order valence-corrected chi connectivity index (χ2v) is 10.5. The Balaban J connectivity index is 2.21. The van der Waals surface area contributed by atoms with E-state index in [0.717, 1.165) is 56.3 Å². The SMILES string of the molecule is CC1CCCC(CCCCCCCC(C(=O)O)C(=O)O)C1CCCCCCCC(C(=O)O)C(=O)O. The van der Waals surface area contributed by atoms with Crippen LogP contribution in [-0.4, -0.2) is 44.3 Å². The maximum atomic E-state index is 10.9. The molecular weight excluding hydrogens is 452 g/mol. The standard InChI is InChI=1S/C27H46O8/c1-19-13-12-15-20(14-8-4-2-6-10-17-22(24(28)29)25(30)31)21(19)16-9-5-3-7-11-18-23(26(32)33)27(34)35/h19-23H,2-18H2,1H3,(H,28,29)(H,30,31)(H,32,33)(H,34,35). The maximum absolute atomic E-state index is 10.9. The molecule has 202 valence electrons. The summed E-state index contributed by atoms with van der Waals surface area (Å²) in [7, 11) is 0. The molecule has 0 saturated heterocycles. The van der Waals surface area contributed by atoms with Gasteiger partial charge in [0.2, 0.25) is 0 Å². The van der Waals surface area contributed by atoms with Crippen molar-refractivity contribution in [2.75, 3.05) is 0 Å². The lowest BCUT2D eigenvalue weighted by atomic mass is 9.69. The molecule has 0 heterocycles. The van der Waals surface area contributed by atoms with Gasteiger partial charge in [-0.3, -0.25) is 19.2 Å². The average molecular weight is 499 g/mol. The molecule has 1 aliphatic rings. The first-order valence-corrected chi connectivity index (χ1v) is 13.6. The zero-order valence-corrected chi connectivity index (χ0v) is 21.3. The highest BCUT2D eigenvalue weighted by molar-refractivity contribution is 5.93. The largest absolute Gasteiger partial charge is 0.481 e. The molecule has 1 aliphatic carbocycles. The Morgan fingerprint density at radius 2 is 1.00 bits per heavy atom. The molecule has 1 fully saturated rings. The minimum absolute atomic E-state index is 0.200. The van der Waals surface area contributed by atoms with Crippen LogP contribution in [0.3, 0.4) is 0 Å². The van der Waals surface area contributed by atoms with Crippen molar-refractivity contribution in [3.05, 3.63) is 0 Å². The molecule has 8 nitrogen and oxygen atoms in total. The summed E-state index contributed by atoms with van der Waals surface area (Å²) >= 11 is 0. The van der Waals surface area contributed by atoms with Crippen LogP contribution >= 0.6 is 0 Å². The lowest BCUT2D eigenvalue weighted by molar-refractivity contribution is -0.156. The Morgan fingerprint density at radius 3 is 1.46 bits per heavy atom. The van der Waals surface area contributed by atoms with Gasteiger partial charge in [-0.25, -0.2) is 0 Å². The fourth-order valence-electron chi connectivity index (χ4n) is 5.72. The predicted molar refractivity (Wildman–Crippen MR) is 132 cm³/mol. The molecule has 3 atom stereocenters. The van der Waals surface area contributed by atoms with Crippen LogP contribution in [0.4, 0.5) is 0 Å². The predicted octanol–water partition coefficient (Wildman–Crippen LogP) is 6.07. The molecule has 35 heavy (non-hydrogen) atoms. The number of aliphatic carboxylic acids is 4. The molecule has 0 aromatic rings. The number of hydrogen-bond acceptors (Lipinski definition) is 4. The van der Waals surface area contributed by atoms with Gasteiger partial charge in [-0.15, -0.1) is 0 Å². The van der Waals surface area contributed by atoms with E-state index >= 15 is 0 Å². The molecule has 1 rings (SSSR count). The normalized spacial score (nSPS) is 20.3. The third-order valence-corrected chi connectivity index (χ3v) is 7.86. The van der Waals surface area contributed by atoms with Crippen LogP contribution in [0.25, 0.3) is 0 Å². The Labute approximate surface area is 209 Å². The van der Waals surface area contributed by atoms with E-state index in [-0.39, 0.29) is 12.8 Å². The number of carbonyl (C=O) groups is 4. The Kier molecular flexibility index (Phi) is 15.3. The summed E-state index contributed by atoms with van der Waals surface area (Å²) in [6.45, 7) is 2.37. The van der Waals surface area contributed by atoms with E-state index in [4.69, 9.17) is 20.4 Å². The van der Waals surface area contributed by atoms with Crippen LogP contribution in [0.2, 0.25) is 0 Å². The molecule has 0 spiro atoms. The van der Waals surface area contributed by atoms with Gasteiger partial charge in [-0.2, -0.15) is 0 Å². The van der Waals surface area contributed by atoms with Gasteiger partial charge in [0.1, 0.15) is 0 Å². The van der Waals surface area contributed by atoms with Gasteiger partial charge in [0.25, 0.3) is 0 Å². The van der Waals surface area contributed by atoms with E-state index in [1.165, 1.54) is 44.9 Å². The van der Waals surface area contributed by atoms with E-state index in [9.17, 15) is 19.2 Å². The minimum atomic E-state index is -1.29. The molecule has 0 aromatic carbocycles. The van der Waals surface area contributed by atoms with Gasteiger partial charge in [-0.1, -0.05) is 96.8 Å². The van der Waals surface area contributed by atoms with Gasteiger partial charge in [-0.05, 0) is 37.0 Å². The number of unbranched alkanes of at least 4 members (excludes halogenated alkanes) is 8. The summed E-state index contributed by atoms with van der Waals surface area (Å²) in [6, 6.07) is 0. The lowest BCUT2D eigenvalue weighted by Crippen LogP contribution is -2.26. The summed E-state index contributed by atoms with van der Waals surface area (Å²) in [5.41, 5.74) is 0. The van der Waals surface area contributed by atoms with Crippen LogP contribution < -0.4 is 0 Å². The molecule has 1 saturated carbocycles. The molecule has 0 bridgehead atoms. The summed E-state index contributed by atoms with van der Waals surface area (Å²) in [5.74, 6) is -5.33. The molecular formula is C27H46O8. The number of rotatable bonds is 20. The zero-order valence-electron chi connectivity index (χ0n) is 21.3. The third kappa shape index (κ3) is 12.4. The maximum Gasteiger partial charge on any atom is 0.317 e. The van der Waals surface area contributed by atoms with Crippen LogP contribution in [0.1, 0.15) is 116 Å². The Bertz CT molecular complexity index is 634. The fraction of sp³-hybridized carbons (Fsp3) is 0.852. The van der Waals surface area contributed by atoms with Crippen molar-refractivity contribution in [3.63, 3.8) is 0 Å². The molecule has 3 unspecified atom stereocenters. The molecule has 8 heteroatoms. The number of carboxylic acid groups (broad SMARTS) is 4. The average Bonchev–Trinajstić information content (AvgIpc) is 2.77. The Morgan fingerprint density at radius 1 is 0.600 bits per heavy atom. The van der Waals surface area contributed by atoms with Crippen LogP contribution in [0.15, 0.2) is 0 Å². The lowest BCUT2D eigenvalue weighted by Gasteiger charge is -2.37. The second kappa shape index (κ2) is 17.3. The van der Waals surface area contributed by atoms with E-state index in [1.807, 2.05) is 0 Å². The first-order valence-electron chi connectivity index (χ1n) is 13.6. The summed E-state index contributed by atoms with van der Waals surface area (Å²) in [4.78, 5) is 43.7. The smallest absolute Gasteiger partial charge is 0.317 e. The third-order valence-electron chi connectivity index (χ3n) is 7.86.